The molecule has 0 aromatic heterocycles. The summed E-state index contributed by atoms with van der Waals surface area (Å²) in [7, 11) is 0. The number of hydrogen-bond donors (Lipinski definition) is 2. The van der Waals surface area contributed by atoms with Gasteiger partial charge in [0.1, 0.15) is 0 Å². The third-order valence-electron chi connectivity index (χ3n) is 3.44. The van der Waals surface area contributed by atoms with Crippen molar-refractivity contribution in [1.82, 2.24) is 5.32 Å². The first-order chi connectivity index (χ1) is 9.25. The number of rotatable bonds is 5. The van der Waals surface area contributed by atoms with Crippen LogP contribution in [0, 0.1) is 0 Å². The van der Waals surface area contributed by atoms with Gasteiger partial charge < -0.3 is 11.1 Å². The molecule has 0 bridgehead atoms. The summed E-state index contributed by atoms with van der Waals surface area (Å²) in [6.07, 6.45) is 3.54. The summed E-state index contributed by atoms with van der Waals surface area (Å²) in [4.78, 5) is 11.9. The summed E-state index contributed by atoms with van der Waals surface area (Å²) in [6, 6.07) is 10.3. The van der Waals surface area contributed by atoms with Crippen LogP contribution in [0.4, 0.5) is 0 Å². The van der Waals surface area contributed by atoms with Crippen LogP contribution in [-0.2, 0) is 4.79 Å². The maximum absolute atomic E-state index is 11.9. The standard InChI is InChI=1S/C15H22N2OS/c16-14(12-5-2-1-3-6-12)8-9-15(18)17-13-7-4-10-19-11-13/h1-3,5-6,13-14H,4,7-11,16H2,(H,17,18). The van der Waals surface area contributed by atoms with Gasteiger partial charge in [-0.05, 0) is 30.6 Å². The number of benzene rings is 1. The molecule has 1 aromatic rings. The topological polar surface area (TPSA) is 55.1 Å². The molecule has 1 aliphatic heterocycles. The molecule has 1 saturated heterocycles. The molecule has 1 aliphatic rings. The van der Waals surface area contributed by atoms with E-state index in [2.05, 4.69) is 5.32 Å². The number of thioether (sulfide) groups is 1. The van der Waals surface area contributed by atoms with Crippen LogP contribution in [0.25, 0.3) is 0 Å². The highest BCUT2D eigenvalue weighted by Crippen LogP contribution is 2.18. The highest BCUT2D eigenvalue weighted by atomic mass is 32.2. The molecule has 2 rings (SSSR count). The lowest BCUT2D eigenvalue weighted by atomic mass is 10.0. The lowest BCUT2D eigenvalue weighted by Crippen LogP contribution is -2.38. The Labute approximate surface area is 119 Å². The molecule has 4 heteroatoms. The Morgan fingerprint density at radius 2 is 2.21 bits per heavy atom. The van der Waals surface area contributed by atoms with E-state index >= 15 is 0 Å². The van der Waals surface area contributed by atoms with E-state index in [0.29, 0.717) is 18.9 Å². The number of nitrogens with two attached hydrogens (primary N) is 1. The van der Waals surface area contributed by atoms with E-state index in [1.807, 2.05) is 42.1 Å². The minimum Gasteiger partial charge on any atom is -0.353 e. The zero-order valence-electron chi connectivity index (χ0n) is 11.2. The van der Waals surface area contributed by atoms with E-state index in [0.717, 1.165) is 17.7 Å². The molecule has 0 radical (unpaired) electrons. The quantitative estimate of drug-likeness (QED) is 0.870. The van der Waals surface area contributed by atoms with Gasteiger partial charge in [0, 0.05) is 24.3 Å². The summed E-state index contributed by atoms with van der Waals surface area (Å²) in [5.41, 5.74) is 7.19. The number of carbonyl (C=O) groups excluding carboxylic acids is 1. The summed E-state index contributed by atoms with van der Waals surface area (Å²) in [6.45, 7) is 0. The monoisotopic (exact) mass is 278 g/mol. The predicted molar refractivity (Wildman–Crippen MR) is 81.1 cm³/mol. The Morgan fingerprint density at radius 3 is 2.89 bits per heavy atom. The first-order valence-electron chi connectivity index (χ1n) is 6.93. The number of amides is 1. The number of carbonyl (C=O) groups is 1. The second-order valence-electron chi connectivity index (χ2n) is 5.04. The second kappa shape index (κ2) is 7.56. The van der Waals surface area contributed by atoms with E-state index in [1.54, 1.807) is 0 Å². The Morgan fingerprint density at radius 1 is 1.42 bits per heavy atom. The van der Waals surface area contributed by atoms with Gasteiger partial charge in [0.05, 0.1) is 0 Å². The molecule has 1 heterocycles. The van der Waals surface area contributed by atoms with Crippen LogP contribution in [0.1, 0.15) is 37.3 Å². The molecule has 3 nitrogen and oxygen atoms in total. The van der Waals surface area contributed by atoms with Gasteiger partial charge in [-0.1, -0.05) is 30.3 Å². The molecule has 2 atom stereocenters. The van der Waals surface area contributed by atoms with E-state index in [9.17, 15) is 4.79 Å². The van der Waals surface area contributed by atoms with Crippen molar-refractivity contribution in [3.63, 3.8) is 0 Å². The van der Waals surface area contributed by atoms with E-state index in [1.165, 1.54) is 12.2 Å². The summed E-state index contributed by atoms with van der Waals surface area (Å²) in [5, 5.41) is 3.11. The molecule has 1 aromatic carbocycles. The van der Waals surface area contributed by atoms with Gasteiger partial charge in [0.2, 0.25) is 5.91 Å². The minimum atomic E-state index is -0.0484. The van der Waals surface area contributed by atoms with Crippen LogP contribution in [0.5, 0.6) is 0 Å². The zero-order valence-corrected chi connectivity index (χ0v) is 12.0. The van der Waals surface area contributed by atoms with Gasteiger partial charge in [0.15, 0.2) is 0 Å². The fraction of sp³-hybridized carbons (Fsp3) is 0.533. The van der Waals surface area contributed by atoms with Crippen molar-refractivity contribution >= 4 is 17.7 Å². The van der Waals surface area contributed by atoms with Crippen LogP contribution in [0.15, 0.2) is 30.3 Å². The van der Waals surface area contributed by atoms with Gasteiger partial charge in [-0.2, -0.15) is 11.8 Å². The summed E-state index contributed by atoms with van der Waals surface area (Å²) >= 11 is 1.93. The fourth-order valence-corrected chi connectivity index (χ4v) is 3.38. The van der Waals surface area contributed by atoms with Crippen LogP contribution in [0.2, 0.25) is 0 Å². The third kappa shape index (κ3) is 4.88. The van der Waals surface area contributed by atoms with Gasteiger partial charge >= 0.3 is 0 Å². The smallest absolute Gasteiger partial charge is 0.220 e. The average Bonchev–Trinajstić information content (AvgIpc) is 2.47. The van der Waals surface area contributed by atoms with E-state index in [-0.39, 0.29) is 11.9 Å². The predicted octanol–water partition coefficient (Wildman–Crippen LogP) is 2.48. The van der Waals surface area contributed by atoms with Crippen molar-refractivity contribution in [3.8, 4) is 0 Å². The van der Waals surface area contributed by atoms with Crippen molar-refractivity contribution in [2.75, 3.05) is 11.5 Å². The molecule has 0 spiro atoms. The molecule has 104 valence electrons. The molecule has 3 N–H and O–H groups in total. The van der Waals surface area contributed by atoms with E-state index in [4.69, 9.17) is 5.73 Å². The maximum atomic E-state index is 11.9. The zero-order chi connectivity index (χ0) is 13.5. The number of nitrogens with one attached hydrogen (secondary N) is 1. The van der Waals surface area contributed by atoms with E-state index < -0.39 is 0 Å². The largest absolute Gasteiger partial charge is 0.353 e. The average molecular weight is 278 g/mol. The Balaban J connectivity index is 1.71. The Bertz CT molecular complexity index is 390. The minimum absolute atomic E-state index is 0.0484. The summed E-state index contributed by atoms with van der Waals surface area (Å²) < 4.78 is 0. The highest BCUT2D eigenvalue weighted by Gasteiger charge is 2.16. The first kappa shape index (κ1) is 14.4. The summed E-state index contributed by atoms with van der Waals surface area (Å²) in [5.74, 6) is 2.42. The van der Waals surface area contributed by atoms with Crippen molar-refractivity contribution in [2.45, 2.75) is 37.8 Å². The maximum Gasteiger partial charge on any atom is 0.220 e. The lowest BCUT2D eigenvalue weighted by Gasteiger charge is -2.22. The molecular weight excluding hydrogens is 256 g/mol. The molecule has 19 heavy (non-hydrogen) atoms. The second-order valence-corrected chi connectivity index (χ2v) is 6.19. The van der Waals surface area contributed by atoms with Crippen LogP contribution >= 0.6 is 11.8 Å². The Hall–Kier alpha value is -1.00. The van der Waals surface area contributed by atoms with Crippen molar-refractivity contribution in [1.29, 1.82) is 0 Å². The third-order valence-corrected chi connectivity index (χ3v) is 4.65. The molecule has 1 fully saturated rings. The molecule has 0 saturated carbocycles. The van der Waals surface area contributed by atoms with Crippen LogP contribution < -0.4 is 11.1 Å². The first-order valence-corrected chi connectivity index (χ1v) is 8.09. The normalized spacial score (nSPS) is 20.8. The Kier molecular flexibility index (Phi) is 5.73. The van der Waals surface area contributed by atoms with Crippen molar-refractivity contribution in [3.05, 3.63) is 35.9 Å². The lowest BCUT2D eigenvalue weighted by molar-refractivity contribution is -0.121. The molecule has 0 aliphatic carbocycles. The number of hydrogen-bond acceptors (Lipinski definition) is 3. The van der Waals surface area contributed by atoms with Crippen molar-refractivity contribution < 1.29 is 4.79 Å². The van der Waals surface area contributed by atoms with Gasteiger partial charge in [-0.25, -0.2) is 0 Å². The van der Waals surface area contributed by atoms with Crippen molar-refractivity contribution in [2.24, 2.45) is 5.73 Å². The van der Waals surface area contributed by atoms with Crippen LogP contribution in [-0.4, -0.2) is 23.5 Å². The van der Waals surface area contributed by atoms with Crippen LogP contribution in [0.3, 0.4) is 0 Å². The van der Waals surface area contributed by atoms with Gasteiger partial charge in [0.25, 0.3) is 0 Å². The molecule has 2 unspecified atom stereocenters. The molecule has 1 amide bonds. The van der Waals surface area contributed by atoms with Gasteiger partial charge in [-0.3, -0.25) is 4.79 Å². The highest BCUT2D eigenvalue weighted by molar-refractivity contribution is 7.99. The van der Waals surface area contributed by atoms with Gasteiger partial charge in [-0.15, -0.1) is 0 Å². The SMILES string of the molecule is NC(CCC(=O)NC1CCCSC1)c1ccccc1. The molecular formula is C15H22N2OS. The fourth-order valence-electron chi connectivity index (χ4n) is 2.31.